The molecule has 1 fully saturated rings. The standard InChI is InChI=1S/C13H15FN2O/c14-12-2-1-10(7-11(12)9-15)8-13(17)3-5-16-6-4-13/h1-2,7,16-17H,3-6,8H2. The molecule has 1 heterocycles. The molecule has 2 rings (SSSR count). The van der Waals surface area contributed by atoms with Crippen molar-refractivity contribution in [2.24, 2.45) is 0 Å². The van der Waals surface area contributed by atoms with E-state index in [0.717, 1.165) is 18.7 Å². The Kier molecular flexibility index (Phi) is 3.41. The van der Waals surface area contributed by atoms with Crippen molar-refractivity contribution in [1.29, 1.82) is 5.26 Å². The molecule has 1 aromatic carbocycles. The summed E-state index contributed by atoms with van der Waals surface area (Å²) in [6, 6.07) is 6.26. The second-order valence-electron chi connectivity index (χ2n) is 4.58. The number of halogens is 1. The third-order valence-corrected chi connectivity index (χ3v) is 3.22. The van der Waals surface area contributed by atoms with E-state index in [-0.39, 0.29) is 5.56 Å². The van der Waals surface area contributed by atoms with Gasteiger partial charge >= 0.3 is 0 Å². The Bertz CT molecular complexity index is 447. The lowest BCUT2D eigenvalue weighted by molar-refractivity contribution is 0.0108. The number of benzene rings is 1. The summed E-state index contributed by atoms with van der Waals surface area (Å²) in [5.41, 5.74) is 0.128. The summed E-state index contributed by atoms with van der Waals surface area (Å²) < 4.78 is 13.1. The van der Waals surface area contributed by atoms with Gasteiger partial charge in [-0.1, -0.05) is 6.07 Å². The molecule has 0 unspecified atom stereocenters. The van der Waals surface area contributed by atoms with E-state index in [9.17, 15) is 9.50 Å². The van der Waals surface area contributed by atoms with Gasteiger partial charge in [-0.3, -0.25) is 0 Å². The molecule has 1 aliphatic heterocycles. The molecule has 2 N–H and O–H groups in total. The van der Waals surface area contributed by atoms with Crippen LogP contribution >= 0.6 is 0 Å². The zero-order valence-electron chi connectivity index (χ0n) is 9.54. The van der Waals surface area contributed by atoms with Crippen LogP contribution in [0.4, 0.5) is 4.39 Å². The average molecular weight is 234 g/mol. The maximum Gasteiger partial charge on any atom is 0.140 e. The number of aliphatic hydroxyl groups is 1. The maximum atomic E-state index is 13.1. The topological polar surface area (TPSA) is 56.0 Å². The highest BCUT2D eigenvalue weighted by Crippen LogP contribution is 2.24. The summed E-state index contributed by atoms with van der Waals surface area (Å²) in [6.07, 6.45) is 1.85. The third kappa shape index (κ3) is 2.82. The van der Waals surface area contributed by atoms with E-state index in [1.807, 2.05) is 6.07 Å². The molecular formula is C13H15FN2O. The predicted octanol–water partition coefficient (Wildman–Crippen LogP) is 1.35. The molecule has 0 bridgehead atoms. The van der Waals surface area contributed by atoms with Crippen LogP contribution in [-0.2, 0) is 6.42 Å². The van der Waals surface area contributed by atoms with Crippen molar-refractivity contribution < 1.29 is 9.50 Å². The van der Waals surface area contributed by atoms with Crippen LogP contribution in [0.15, 0.2) is 18.2 Å². The second-order valence-corrected chi connectivity index (χ2v) is 4.58. The fourth-order valence-electron chi connectivity index (χ4n) is 2.22. The quantitative estimate of drug-likeness (QED) is 0.812. The first-order chi connectivity index (χ1) is 8.13. The Hall–Kier alpha value is -1.44. The normalized spacial score (nSPS) is 18.6. The molecule has 0 aliphatic carbocycles. The van der Waals surface area contributed by atoms with Crippen molar-refractivity contribution in [3.63, 3.8) is 0 Å². The van der Waals surface area contributed by atoms with E-state index in [1.54, 1.807) is 6.07 Å². The summed E-state index contributed by atoms with van der Waals surface area (Å²) in [7, 11) is 0. The molecule has 3 nitrogen and oxygen atoms in total. The maximum absolute atomic E-state index is 13.1. The predicted molar refractivity (Wildman–Crippen MR) is 61.9 cm³/mol. The number of nitrogens with zero attached hydrogens (tertiary/aromatic N) is 1. The summed E-state index contributed by atoms with van der Waals surface area (Å²) in [4.78, 5) is 0. The van der Waals surface area contributed by atoms with Crippen LogP contribution < -0.4 is 5.32 Å². The van der Waals surface area contributed by atoms with Crippen molar-refractivity contribution in [3.05, 3.63) is 35.1 Å². The molecular weight excluding hydrogens is 219 g/mol. The zero-order chi connectivity index (χ0) is 12.3. The van der Waals surface area contributed by atoms with E-state index >= 15 is 0 Å². The van der Waals surface area contributed by atoms with E-state index in [1.165, 1.54) is 12.1 Å². The van der Waals surface area contributed by atoms with Gasteiger partial charge in [-0.2, -0.15) is 5.26 Å². The molecule has 1 aromatic rings. The highest BCUT2D eigenvalue weighted by molar-refractivity contribution is 5.35. The van der Waals surface area contributed by atoms with Gasteiger partial charge in [0.05, 0.1) is 11.2 Å². The van der Waals surface area contributed by atoms with Crippen molar-refractivity contribution in [2.45, 2.75) is 24.9 Å². The molecule has 4 heteroatoms. The molecule has 0 radical (unpaired) electrons. The second kappa shape index (κ2) is 4.82. The minimum absolute atomic E-state index is 0.0417. The molecule has 90 valence electrons. The smallest absolute Gasteiger partial charge is 0.140 e. The van der Waals surface area contributed by atoms with Crippen LogP contribution in [0, 0.1) is 17.1 Å². The zero-order valence-corrected chi connectivity index (χ0v) is 9.54. The summed E-state index contributed by atoms with van der Waals surface area (Å²) in [5.74, 6) is -0.506. The number of nitriles is 1. The SMILES string of the molecule is N#Cc1cc(CC2(O)CCNCC2)ccc1F. The lowest BCUT2D eigenvalue weighted by Gasteiger charge is -2.32. The van der Waals surface area contributed by atoms with Gasteiger partial charge in [0.15, 0.2) is 0 Å². The van der Waals surface area contributed by atoms with Gasteiger partial charge in [-0.05, 0) is 43.6 Å². The van der Waals surface area contributed by atoms with Crippen LogP contribution in [-0.4, -0.2) is 23.8 Å². The Labute approximate surface area is 99.9 Å². The molecule has 1 saturated heterocycles. The highest BCUT2D eigenvalue weighted by atomic mass is 19.1. The van der Waals surface area contributed by atoms with Crippen molar-refractivity contribution in [1.82, 2.24) is 5.32 Å². The van der Waals surface area contributed by atoms with Gasteiger partial charge in [0.2, 0.25) is 0 Å². The van der Waals surface area contributed by atoms with Gasteiger partial charge in [0.25, 0.3) is 0 Å². The Morgan fingerprint density at radius 2 is 2.12 bits per heavy atom. The first-order valence-electron chi connectivity index (χ1n) is 5.75. The Morgan fingerprint density at radius 3 is 2.76 bits per heavy atom. The Morgan fingerprint density at radius 1 is 1.41 bits per heavy atom. The summed E-state index contributed by atoms with van der Waals surface area (Å²) >= 11 is 0. The molecule has 0 aromatic heterocycles. The minimum Gasteiger partial charge on any atom is -0.389 e. The van der Waals surface area contributed by atoms with E-state index in [2.05, 4.69) is 5.32 Å². The number of nitrogens with one attached hydrogen (secondary N) is 1. The lowest BCUT2D eigenvalue weighted by Crippen LogP contribution is -2.43. The third-order valence-electron chi connectivity index (χ3n) is 3.22. The molecule has 0 atom stereocenters. The molecule has 0 spiro atoms. The van der Waals surface area contributed by atoms with Gasteiger partial charge in [-0.15, -0.1) is 0 Å². The van der Waals surface area contributed by atoms with Crippen molar-refractivity contribution >= 4 is 0 Å². The number of rotatable bonds is 2. The number of piperidine rings is 1. The van der Waals surface area contributed by atoms with Crippen molar-refractivity contribution in [2.75, 3.05) is 13.1 Å². The summed E-state index contributed by atoms with van der Waals surface area (Å²) in [5, 5.41) is 22.3. The highest BCUT2D eigenvalue weighted by Gasteiger charge is 2.29. The van der Waals surface area contributed by atoms with Gasteiger partial charge < -0.3 is 10.4 Å². The fraction of sp³-hybridized carbons (Fsp3) is 0.462. The molecule has 1 aliphatic rings. The first-order valence-corrected chi connectivity index (χ1v) is 5.75. The van der Waals surface area contributed by atoms with Crippen molar-refractivity contribution in [3.8, 4) is 6.07 Å². The summed E-state index contributed by atoms with van der Waals surface area (Å²) in [6.45, 7) is 1.59. The van der Waals surface area contributed by atoms with Gasteiger partial charge in [0.1, 0.15) is 11.9 Å². The van der Waals surface area contributed by atoms with Gasteiger partial charge in [-0.25, -0.2) is 4.39 Å². The minimum atomic E-state index is -0.726. The van der Waals surface area contributed by atoms with Crippen LogP contribution in [0.1, 0.15) is 24.0 Å². The largest absolute Gasteiger partial charge is 0.389 e. The van der Waals surface area contributed by atoms with E-state index in [0.29, 0.717) is 19.3 Å². The monoisotopic (exact) mass is 234 g/mol. The lowest BCUT2D eigenvalue weighted by atomic mass is 9.86. The van der Waals surface area contributed by atoms with Crippen LogP contribution in [0.2, 0.25) is 0 Å². The number of hydrogen-bond acceptors (Lipinski definition) is 3. The number of hydrogen-bond donors (Lipinski definition) is 2. The van der Waals surface area contributed by atoms with Crippen LogP contribution in [0.3, 0.4) is 0 Å². The molecule has 17 heavy (non-hydrogen) atoms. The fourth-order valence-corrected chi connectivity index (χ4v) is 2.22. The molecule has 0 saturated carbocycles. The molecule has 0 amide bonds. The van der Waals surface area contributed by atoms with Gasteiger partial charge in [0, 0.05) is 6.42 Å². The van der Waals surface area contributed by atoms with Crippen LogP contribution in [0.25, 0.3) is 0 Å². The van der Waals surface area contributed by atoms with Crippen LogP contribution in [0.5, 0.6) is 0 Å². The first kappa shape index (κ1) is 12.0. The van der Waals surface area contributed by atoms with E-state index in [4.69, 9.17) is 5.26 Å². The Balaban J connectivity index is 2.15. The van der Waals surface area contributed by atoms with E-state index < -0.39 is 11.4 Å². The average Bonchev–Trinajstić information content (AvgIpc) is 2.32.